The summed E-state index contributed by atoms with van der Waals surface area (Å²) >= 11 is 0. The third-order valence-electron chi connectivity index (χ3n) is 3.27. The Labute approximate surface area is 153 Å². The zero-order valence-corrected chi connectivity index (χ0v) is 16.2. The van der Waals surface area contributed by atoms with E-state index in [9.17, 15) is 0 Å². The van der Waals surface area contributed by atoms with Crippen LogP contribution in [0.5, 0.6) is 11.5 Å². The van der Waals surface area contributed by atoms with Crippen LogP contribution in [0.4, 0.5) is 0 Å². The van der Waals surface area contributed by atoms with Gasteiger partial charge in [-0.05, 0) is 42.2 Å². The van der Waals surface area contributed by atoms with E-state index in [1.807, 2.05) is 56.3 Å². The van der Waals surface area contributed by atoms with Gasteiger partial charge in [0.15, 0.2) is 0 Å². The predicted octanol–water partition coefficient (Wildman–Crippen LogP) is 6.27. The van der Waals surface area contributed by atoms with E-state index in [0.29, 0.717) is 6.47 Å². The highest BCUT2D eigenvalue weighted by Crippen LogP contribution is 2.26. The van der Waals surface area contributed by atoms with Crippen molar-refractivity contribution >= 4 is 6.47 Å². The van der Waals surface area contributed by atoms with E-state index in [4.69, 9.17) is 9.53 Å². The number of para-hydroxylation sites is 1. The van der Waals surface area contributed by atoms with Crippen molar-refractivity contribution in [2.75, 3.05) is 7.11 Å². The first-order chi connectivity index (χ1) is 12.2. The Hall–Kier alpha value is -2.29. The monoisotopic (exact) mass is 344 g/mol. The second-order valence-corrected chi connectivity index (χ2v) is 5.43. The minimum absolute atomic E-state index is 0.375. The summed E-state index contributed by atoms with van der Waals surface area (Å²) < 4.78 is 9.54. The Morgan fingerprint density at radius 2 is 1.40 bits per heavy atom. The molecule has 138 valence electrons. The van der Waals surface area contributed by atoms with E-state index >= 15 is 0 Å². The van der Waals surface area contributed by atoms with E-state index in [-0.39, 0.29) is 0 Å². The molecule has 2 aromatic rings. The van der Waals surface area contributed by atoms with Crippen LogP contribution in [0, 0.1) is 5.92 Å². The molecule has 0 saturated heterocycles. The number of aryl methyl sites for hydroxylation is 1. The Kier molecular flexibility index (Phi) is 13.9. The van der Waals surface area contributed by atoms with E-state index in [2.05, 4.69) is 30.7 Å². The summed E-state index contributed by atoms with van der Waals surface area (Å²) in [5.74, 6) is 2.85. The maximum atomic E-state index is 8.95. The third-order valence-corrected chi connectivity index (χ3v) is 3.27. The Morgan fingerprint density at radius 1 is 0.960 bits per heavy atom. The fourth-order valence-corrected chi connectivity index (χ4v) is 1.58. The zero-order chi connectivity index (χ0) is 18.9. The van der Waals surface area contributed by atoms with Crippen LogP contribution in [-0.4, -0.2) is 13.6 Å². The second kappa shape index (κ2) is 15.3. The van der Waals surface area contributed by atoms with E-state index in [0.717, 1.165) is 23.8 Å². The van der Waals surface area contributed by atoms with Gasteiger partial charge in [-0.25, -0.2) is 0 Å². The SMILES string of the molecule is CC.CC1CC1.CCc1ccc(Oc2ccccc2)cc1.COC=O. The minimum Gasteiger partial charge on any atom is -0.471 e. The van der Waals surface area contributed by atoms with Crippen LogP contribution in [0.15, 0.2) is 54.6 Å². The average Bonchev–Trinajstić information content (AvgIpc) is 3.48. The zero-order valence-electron chi connectivity index (χ0n) is 16.2. The van der Waals surface area contributed by atoms with Crippen LogP contribution in [0.3, 0.4) is 0 Å². The van der Waals surface area contributed by atoms with Crippen LogP contribution >= 0.6 is 0 Å². The first-order valence-corrected chi connectivity index (χ1v) is 8.97. The van der Waals surface area contributed by atoms with Crippen molar-refractivity contribution in [3.63, 3.8) is 0 Å². The topological polar surface area (TPSA) is 35.5 Å². The fourth-order valence-electron chi connectivity index (χ4n) is 1.58. The molecule has 25 heavy (non-hydrogen) atoms. The van der Waals surface area contributed by atoms with E-state index in [1.54, 1.807) is 0 Å². The van der Waals surface area contributed by atoms with Crippen molar-refractivity contribution in [3.8, 4) is 11.5 Å². The lowest BCUT2D eigenvalue weighted by molar-refractivity contribution is -0.126. The second-order valence-electron chi connectivity index (χ2n) is 5.43. The van der Waals surface area contributed by atoms with Crippen LogP contribution in [-0.2, 0) is 16.0 Å². The summed E-state index contributed by atoms with van der Waals surface area (Å²) in [5, 5.41) is 0. The maximum Gasteiger partial charge on any atom is 0.292 e. The highest BCUT2D eigenvalue weighted by atomic mass is 16.5. The lowest BCUT2D eigenvalue weighted by atomic mass is 10.2. The number of ether oxygens (including phenoxy) is 2. The molecular weight excluding hydrogens is 312 g/mol. The Bertz CT molecular complexity index is 531. The van der Waals surface area contributed by atoms with Crippen LogP contribution in [0.2, 0.25) is 0 Å². The summed E-state index contributed by atoms with van der Waals surface area (Å²) in [6.07, 6.45) is 4.03. The molecule has 0 N–H and O–H groups in total. The largest absolute Gasteiger partial charge is 0.471 e. The molecule has 0 unspecified atom stereocenters. The van der Waals surface area contributed by atoms with Crippen molar-refractivity contribution in [1.29, 1.82) is 0 Å². The normalized spacial score (nSPS) is 11.2. The molecule has 0 radical (unpaired) electrons. The van der Waals surface area contributed by atoms with E-state index in [1.165, 1.54) is 25.5 Å². The molecule has 0 amide bonds. The Morgan fingerprint density at radius 3 is 1.76 bits per heavy atom. The van der Waals surface area contributed by atoms with Crippen molar-refractivity contribution < 1.29 is 14.3 Å². The van der Waals surface area contributed by atoms with Gasteiger partial charge in [-0.1, -0.05) is 70.9 Å². The number of carbonyl (C=O) groups excluding carboxylic acids is 1. The quantitative estimate of drug-likeness (QED) is 0.613. The smallest absolute Gasteiger partial charge is 0.292 e. The molecule has 0 spiro atoms. The van der Waals surface area contributed by atoms with Gasteiger partial charge in [0, 0.05) is 0 Å². The van der Waals surface area contributed by atoms with Gasteiger partial charge in [-0.15, -0.1) is 0 Å². The highest BCUT2D eigenvalue weighted by Gasteiger charge is 2.12. The van der Waals surface area contributed by atoms with Crippen molar-refractivity contribution in [2.45, 2.75) is 47.0 Å². The first kappa shape index (κ1) is 22.7. The first-order valence-electron chi connectivity index (χ1n) is 8.97. The van der Waals surface area contributed by atoms with Gasteiger partial charge in [0.05, 0.1) is 7.11 Å². The highest BCUT2D eigenvalue weighted by molar-refractivity contribution is 5.36. The van der Waals surface area contributed by atoms with Crippen molar-refractivity contribution in [2.24, 2.45) is 5.92 Å². The summed E-state index contributed by atoms with van der Waals surface area (Å²) in [7, 11) is 1.31. The number of benzene rings is 2. The van der Waals surface area contributed by atoms with Gasteiger partial charge < -0.3 is 9.47 Å². The lowest BCUT2D eigenvalue weighted by Crippen LogP contribution is -1.84. The third kappa shape index (κ3) is 12.8. The number of rotatable bonds is 4. The maximum absolute atomic E-state index is 8.95. The molecule has 3 heteroatoms. The van der Waals surface area contributed by atoms with Crippen LogP contribution in [0.25, 0.3) is 0 Å². The number of hydrogen-bond donors (Lipinski definition) is 0. The molecule has 0 heterocycles. The number of hydrogen-bond acceptors (Lipinski definition) is 3. The van der Waals surface area contributed by atoms with Gasteiger partial charge in [-0.3, -0.25) is 4.79 Å². The predicted molar refractivity (Wildman–Crippen MR) is 105 cm³/mol. The standard InChI is InChI=1S/C14H14O.C4H8.C2H4O2.C2H6/c1-2-12-8-10-14(11-9-12)15-13-6-4-3-5-7-13;1-4-2-3-4;1-4-2-3;1-2/h3-11H,2H2,1H3;4H,2-3H2,1H3;2H,1H3;1-2H3. The van der Waals surface area contributed by atoms with E-state index < -0.39 is 0 Å². The number of methoxy groups -OCH3 is 1. The molecule has 1 fully saturated rings. The molecule has 1 aliphatic rings. The summed E-state index contributed by atoms with van der Waals surface area (Å²) in [4.78, 5) is 8.95. The Balaban J connectivity index is 0.000000474. The van der Waals surface area contributed by atoms with Gasteiger partial charge in [0.25, 0.3) is 6.47 Å². The molecule has 3 rings (SSSR count). The van der Waals surface area contributed by atoms with Crippen molar-refractivity contribution in [3.05, 3.63) is 60.2 Å². The molecular formula is C22H32O3. The van der Waals surface area contributed by atoms with Crippen LogP contribution < -0.4 is 4.74 Å². The molecule has 0 bridgehead atoms. The molecule has 0 atom stereocenters. The molecule has 1 saturated carbocycles. The van der Waals surface area contributed by atoms with Gasteiger partial charge in [0.1, 0.15) is 11.5 Å². The minimum atomic E-state index is 0.375. The average molecular weight is 344 g/mol. The summed E-state index contributed by atoms with van der Waals surface area (Å²) in [6.45, 7) is 8.80. The summed E-state index contributed by atoms with van der Waals surface area (Å²) in [5.41, 5.74) is 1.33. The fraction of sp³-hybridized carbons (Fsp3) is 0.409. The van der Waals surface area contributed by atoms with Crippen LogP contribution in [0.1, 0.15) is 46.1 Å². The van der Waals surface area contributed by atoms with Crippen molar-refractivity contribution in [1.82, 2.24) is 0 Å². The lowest BCUT2D eigenvalue weighted by Gasteiger charge is -2.05. The number of carbonyl (C=O) groups is 1. The van der Waals surface area contributed by atoms with Gasteiger partial charge >= 0.3 is 0 Å². The molecule has 1 aliphatic carbocycles. The molecule has 0 aliphatic heterocycles. The molecule has 3 nitrogen and oxygen atoms in total. The molecule has 0 aromatic heterocycles. The van der Waals surface area contributed by atoms with Gasteiger partial charge in [-0.2, -0.15) is 0 Å². The summed E-state index contributed by atoms with van der Waals surface area (Å²) in [6, 6.07) is 18.0. The molecule has 2 aromatic carbocycles. The van der Waals surface area contributed by atoms with Gasteiger partial charge in [0.2, 0.25) is 0 Å².